The molecule has 4 unspecified atom stereocenters. The second-order valence-corrected chi connectivity index (χ2v) is 8.73. The monoisotopic (exact) mass is 360 g/mol. The Balaban J connectivity index is 1.50. The first-order valence-corrected chi connectivity index (χ1v) is 9.96. The average molecular weight is 361 g/mol. The minimum atomic E-state index is -1.30. The Morgan fingerprint density at radius 3 is 2.21 bits per heavy atom. The van der Waals surface area contributed by atoms with Crippen molar-refractivity contribution in [3.8, 4) is 0 Å². The van der Waals surface area contributed by atoms with Crippen LogP contribution in [0.25, 0.3) is 0 Å². The van der Waals surface area contributed by atoms with E-state index in [0.717, 1.165) is 12.3 Å². The fourth-order valence-electron chi connectivity index (χ4n) is 4.48. The van der Waals surface area contributed by atoms with Gasteiger partial charge in [0.2, 0.25) is 6.29 Å². The zero-order valence-electron chi connectivity index (χ0n) is 14.8. The molecule has 3 nitrogen and oxygen atoms in total. The summed E-state index contributed by atoms with van der Waals surface area (Å²) < 4.78 is 25.9. The molecule has 3 rings (SSSR count). The fourth-order valence-corrected chi connectivity index (χ4v) is 4.78. The number of rotatable bonds is 3. The Kier molecular flexibility index (Phi) is 6.20. The van der Waals surface area contributed by atoms with Gasteiger partial charge in [0.1, 0.15) is 6.17 Å². The van der Waals surface area contributed by atoms with Gasteiger partial charge in [-0.25, -0.2) is 4.39 Å². The number of alkyl halides is 2. The maximum atomic E-state index is 14.4. The molecule has 2 saturated carbocycles. The Bertz CT molecular complexity index is 430. The Morgan fingerprint density at radius 1 is 0.958 bits per heavy atom. The van der Waals surface area contributed by atoms with Crippen LogP contribution in [0.5, 0.6) is 0 Å². The van der Waals surface area contributed by atoms with Crippen molar-refractivity contribution in [2.75, 3.05) is 13.2 Å². The molecule has 24 heavy (non-hydrogen) atoms. The molecule has 1 saturated heterocycles. The minimum Gasteiger partial charge on any atom is -0.346 e. The molecule has 3 aliphatic rings. The number of ether oxygens (including phenoxy) is 2. The summed E-state index contributed by atoms with van der Waals surface area (Å²) in [6, 6.07) is 0. The highest BCUT2D eigenvalue weighted by Crippen LogP contribution is 2.38. The van der Waals surface area contributed by atoms with Gasteiger partial charge < -0.3 is 9.47 Å². The Labute approximate surface area is 149 Å². The molecule has 0 N–H and O–H groups in total. The molecule has 1 aliphatic heterocycles. The van der Waals surface area contributed by atoms with E-state index in [0.29, 0.717) is 31.5 Å². The van der Waals surface area contributed by atoms with Crippen LogP contribution in [0.15, 0.2) is 0 Å². The third-order valence-corrected chi connectivity index (χ3v) is 7.08. The number of hydrogen-bond acceptors (Lipinski definition) is 3. The van der Waals surface area contributed by atoms with Gasteiger partial charge in [0.15, 0.2) is 5.78 Å². The summed E-state index contributed by atoms with van der Waals surface area (Å²) >= 11 is 6.12. The number of halogens is 2. The van der Waals surface area contributed by atoms with Gasteiger partial charge >= 0.3 is 0 Å². The fraction of sp³-hybridized carbons (Fsp3) is 0.947. The highest BCUT2D eigenvalue weighted by molar-refractivity contribution is 6.21. The summed E-state index contributed by atoms with van der Waals surface area (Å²) in [6.07, 6.45) is 4.10. The van der Waals surface area contributed by atoms with Crippen LogP contribution in [0.4, 0.5) is 4.39 Å². The molecule has 2 aliphatic carbocycles. The molecule has 0 aromatic heterocycles. The summed E-state index contributed by atoms with van der Waals surface area (Å²) in [4.78, 5) is 12.6. The molecule has 0 bridgehead atoms. The topological polar surface area (TPSA) is 35.5 Å². The summed E-state index contributed by atoms with van der Waals surface area (Å²) in [5.41, 5.74) is 0. The molecule has 0 radical (unpaired) electrons. The van der Waals surface area contributed by atoms with Crippen molar-refractivity contribution in [1.82, 2.24) is 0 Å². The molecule has 4 atom stereocenters. The number of hydrogen-bond donors (Lipinski definition) is 0. The summed E-state index contributed by atoms with van der Waals surface area (Å²) in [5, 5.41) is -0.590. The van der Waals surface area contributed by atoms with Crippen LogP contribution >= 0.6 is 11.6 Å². The van der Waals surface area contributed by atoms with E-state index in [1.54, 1.807) is 0 Å². The average Bonchev–Trinajstić information content (AvgIpc) is 2.60. The third-order valence-electron chi connectivity index (χ3n) is 6.41. The number of carbonyl (C=O) groups is 1. The van der Waals surface area contributed by atoms with Crippen molar-refractivity contribution in [1.29, 1.82) is 0 Å². The molecule has 1 heterocycles. The van der Waals surface area contributed by atoms with E-state index in [1.165, 1.54) is 25.7 Å². The lowest BCUT2D eigenvalue weighted by molar-refractivity contribution is -0.214. The van der Waals surface area contributed by atoms with Gasteiger partial charge in [-0.2, -0.15) is 0 Å². The quantitative estimate of drug-likeness (QED) is 0.701. The Hall–Kier alpha value is -0.190. The summed E-state index contributed by atoms with van der Waals surface area (Å²) in [7, 11) is 0. The van der Waals surface area contributed by atoms with Crippen LogP contribution in [0.3, 0.4) is 0 Å². The van der Waals surface area contributed by atoms with Crippen molar-refractivity contribution in [2.24, 2.45) is 29.6 Å². The van der Waals surface area contributed by atoms with Crippen LogP contribution in [0.1, 0.15) is 52.4 Å². The number of ketones is 1. The van der Waals surface area contributed by atoms with Crippen molar-refractivity contribution < 1.29 is 18.7 Å². The van der Waals surface area contributed by atoms with Crippen molar-refractivity contribution in [3.05, 3.63) is 0 Å². The van der Waals surface area contributed by atoms with Crippen LogP contribution in [-0.2, 0) is 14.3 Å². The van der Waals surface area contributed by atoms with Gasteiger partial charge in [0, 0.05) is 5.92 Å². The molecular weight excluding hydrogens is 331 g/mol. The SMILES string of the molecule is CC1CCC(C2COC(C(=O)C3CCC(C)C(Cl)C3F)OC2)CC1. The second-order valence-electron chi connectivity index (χ2n) is 8.23. The van der Waals surface area contributed by atoms with Gasteiger partial charge in [-0.05, 0) is 43.4 Å². The first-order valence-electron chi connectivity index (χ1n) is 9.52. The van der Waals surface area contributed by atoms with E-state index in [1.807, 2.05) is 6.92 Å². The summed E-state index contributed by atoms with van der Waals surface area (Å²) in [5.74, 6) is 0.997. The maximum Gasteiger partial charge on any atom is 0.218 e. The molecule has 0 spiro atoms. The molecule has 138 valence electrons. The summed E-state index contributed by atoms with van der Waals surface area (Å²) in [6.45, 7) is 5.36. The molecule has 0 aromatic carbocycles. The zero-order valence-corrected chi connectivity index (χ0v) is 15.5. The van der Waals surface area contributed by atoms with E-state index in [-0.39, 0.29) is 11.7 Å². The largest absolute Gasteiger partial charge is 0.346 e. The van der Waals surface area contributed by atoms with Crippen molar-refractivity contribution in [3.63, 3.8) is 0 Å². The van der Waals surface area contributed by atoms with Gasteiger partial charge in [-0.3, -0.25) is 4.79 Å². The Morgan fingerprint density at radius 2 is 1.58 bits per heavy atom. The van der Waals surface area contributed by atoms with Crippen LogP contribution < -0.4 is 0 Å². The van der Waals surface area contributed by atoms with Gasteiger partial charge in [-0.15, -0.1) is 11.6 Å². The molecule has 0 amide bonds. The van der Waals surface area contributed by atoms with Crippen LogP contribution in [0, 0.1) is 29.6 Å². The van der Waals surface area contributed by atoms with E-state index < -0.39 is 23.8 Å². The highest BCUT2D eigenvalue weighted by atomic mass is 35.5. The number of carbonyl (C=O) groups excluding carboxylic acids is 1. The molecule has 3 fully saturated rings. The van der Waals surface area contributed by atoms with Gasteiger partial charge in [-0.1, -0.05) is 26.7 Å². The van der Waals surface area contributed by atoms with Crippen LogP contribution in [-0.4, -0.2) is 36.8 Å². The first kappa shape index (κ1) is 18.6. The lowest BCUT2D eigenvalue weighted by atomic mass is 9.76. The van der Waals surface area contributed by atoms with Gasteiger partial charge in [0.05, 0.1) is 24.5 Å². The third kappa shape index (κ3) is 3.96. The van der Waals surface area contributed by atoms with Gasteiger partial charge in [0.25, 0.3) is 0 Å². The zero-order chi connectivity index (χ0) is 17.3. The van der Waals surface area contributed by atoms with Crippen LogP contribution in [0.2, 0.25) is 0 Å². The van der Waals surface area contributed by atoms with E-state index >= 15 is 0 Å². The predicted molar refractivity (Wildman–Crippen MR) is 91.7 cm³/mol. The lowest BCUT2D eigenvalue weighted by Crippen LogP contribution is -2.48. The second kappa shape index (κ2) is 8.01. The highest BCUT2D eigenvalue weighted by Gasteiger charge is 2.44. The molecule has 5 heteroatoms. The van der Waals surface area contributed by atoms with E-state index in [2.05, 4.69) is 6.92 Å². The minimum absolute atomic E-state index is 0.108. The van der Waals surface area contributed by atoms with E-state index in [4.69, 9.17) is 21.1 Å². The van der Waals surface area contributed by atoms with E-state index in [9.17, 15) is 9.18 Å². The molecular formula is C19H30ClFO3. The normalized spacial score (nSPS) is 47.3. The predicted octanol–water partition coefficient (Wildman–Crippen LogP) is 4.36. The first-order chi connectivity index (χ1) is 11.5. The van der Waals surface area contributed by atoms with Crippen molar-refractivity contribution in [2.45, 2.75) is 70.2 Å². The maximum absolute atomic E-state index is 14.4. The lowest BCUT2D eigenvalue weighted by Gasteiger charge is -2.39. The molecule has 0 aromatic rings. The number of Topliss-reactive ketones (excluding diaryl/α,β-unsaturated/α-hetero) is 1. The standard InChI is InChI=1S/C19H30ClFO3/c1-11-3-6-13(7-4-11)14-9-23-19(24-10-14)18(22)15-8-5-12(2)16(20)17(15)21/h11-17,19H,3-10H2,1-2H3. The smallest absolute Gasteiger partial charge is 0.218 e. The van der Waals surface area contributed by atoms with Crippen molar-refractivity contribution >= 4 is 17.4 Å².